The third-order valence-corrected chi connectivity index (χ3v) is 5.71. The Morgan fingerprint density at radius 2 is 1.79 bits per heavy atom. The van der Waals surface area contributed by atoms with Gasteiger partial charge in [0.1, 0.15) is 12.4 Å². The van der Waals surface area contributed by atoms with Gasteiger partial charge in [-0.25, -0.2) is 9.59 Å². The van der Waals surface area contributed by atoms with Crippen molar-refractivity contribution < 1.29 is 37.4 Å². The summed E-state index contributed by atoms with van der Waals surface area (Å²) < 4.78 is 45.1. The summed E-state index contributed by atoms with van der Waals surface area (Å²) >= 11 is 0. The summed E-state index contributed by atoms with van der Waals surface area (Å²) in [6.45, 7) is 2.14. The summed E-state index contributed by atoms with van der Waals surface area (Å²) in [4.78, 5) is 29.6. The number of hydrogen-bond donors (Lipinski definition) is 1. The van der Waals surface area contributed by atoms with Crippen LogP contribution in [-0.2, 0) is 40.0 Å². The van der Waals surface area contributed by atoms with Gasteiger partial charge in [0.05, 0.1) is 17.8 Å². The summed E-state index contributed by atoms with van der Waals surface area (Å²) in [5.41, 5.74) is 2.79. The van der Waals surface area contributed by atoms with Crippen molar-refractivity contribution in [3.63, 3.8) is 0 Å². The van der Waals surface area contributed by atoms with E-state index in [0.717, 1.165) is 35.0 Å². The molecule has 2 aromatic carbocycles. The molecule has 34 heavy (non-hydrogen) atoms. The van der Waals surface area contributed by atoms with Crippen molar-refractivity contribution in [1.82, 2.24) is 5.06 Å². The molecule has 2 aromatic rings. The summed E-state index contributed by atoms with van der Waals surface area (Å²) in [6, 6.07) is 9.26. The van der Waals surface area contributed by atoms with Crippen LogP contribution in [-0.4, -0.2) is 48.3 Å². The zero-order valence-electron chi connectivity index (χ0n) is 18.2. The third kappa shape index (κ3) is 5.69. The predicted octanol–water partition coefficient (Wildman–Crippen LogP) is 3.60. The second-order valence-corrected chi connectivity index (χ2v) is 8.07. The number of halogens is 3. The second kappa shape index (κ2) is 9.76. The molecule has 10 heteroatoms. The first-order valence-electron chi connectivity index (χ1n) is 10.8. The molecule has 0 amide bonds. The minimum Gasteiger partial charge on any atom is -0.490 e. The van der Waals surface area contributed by atoms with E-state index in [1.54, 1.807) is 6.07 Å². The normalized spacial score (nSPS) is 16.4. The van der Waals surface area contributed by atoms with Crippen LogP contribution in [0.1, 0.15) is 22.3 Å². The number of alkyl halides is 3. The number of carbonyl (C=O) groups excluding carboxylic acids is 1. The molecule has 0 bridgehead atoms. The predicted molar refractivity (Wildman–Crippen MR) is 116 cm³/mol. The van der Waals surface area contributed by atoms with E-state index in [2.05, 4.69) is 0 Å². The van der Waals surface area contributed by atoms with E-state index >= 15 is 0 Å². The highest BCUT2D eigenvalue weighted by Gasteiger charge is 2.31. The minimum atomic E-state index is -4.39. The van der Waals surface area contributed by atoms with E-state index in [0.29, 0.717) is 56.9 Å². The number of benzene rings is 2. The fraction of sp³-hybridized carbons (Fsp3) is 0.333. The molecule has 4 rings (SSSR count). The first-order chi connectivity index (χ1) is 16.2. The molecule has 1 N–H and O–H groups in total. The van der Waals surface area contributed by atoms with Gasteiger partial charge in [-0.15, -0.1) is 5.06 Å². The monoisotopic (exact) mass is 476 g/mol. The van der Waals surface area contributed by atoms with Gasteiger partial charge in [-0.2, -0.15) is 13.2 Å². The lowest BCUT2D eigenvalue weighted by Gasteiger charge is -2.32. The Morgan fingerprint density at radius 1 is 1.06 bits per heavy atom. The number of fused-ring (bicyclic) bond motifs is 2. The largest absolute Gasteiger partial charge is 0.490 e. The number of anilines is 1. The molecule has 7 nitrogen and oxygen atoms in total. The number of carbonyl (C=O) groups is 2. The highest BCUT2D eigenvalue weighted by atomic mass is 19.4. The Balaban J connectivity index is 1.49. The molecule has 0 radical (unpaired) electrons. The molecule has 0 spiro atoms. The van der Waals surface area contributed by atoms with Gasteiger partial charge >= 0.3 is 18.1 Å². The maximum absolute atomic E-state index is 13.1. The minimum absolute atomic E-state index is 0.318. The number of carboxylic acids is 1. The lowest BCUT2D eigenvalue weighted by atomic mass is 10.00. The molecule has 2 aliphatic rings. The lowest BCUT2D eigenvalue weighted by molar-refractivity contribution is -0.183. The first kappa shape index (κ1) is 23.6. The summed E-state index contributed by atoms with van der Waals surface area (Å²) in [5, 5.41) is 10.1. The van der Waals surface area contributed by atoms with Crippen LogP contribution in [0.25, 0.3) is 0 Å². The first-order valence-corrected chi connectivity index (χ1v) is 10.8. The van der Waals surface area contributed by atoms with Crippen LogP contribution in [0.15, 0.2) is 48.6 Å². The standard InChI is InChI=1S/C24H23F3N2O5/c25-24(26,27)19-3-1-2-16(12-19)15-28-10-11-33-21-14-18-7-9-29(8-6-17(18)13-20(21)28)34-23(32)5-4-22(30)31/h1-5,12-14H,6-11,15H2,(H,30,31)/b5-4+. The smallest absolute Gasteiger partial charge is 0.416 e. The fourth-order valence-corrected chi connectivity index (χ4v) is 4.09. The molecular weight excluding hydrogens is 453 g/mol. The topological polar surface area (TPSA) is 79.3 Å². The van der Waals surface area contributed by atoms with Crippen molar-refractivity contribution in [2.24, 2.45) is 0 Å². The molecule has 2 heterocycles. The van der Waals surface area contributed by atoms with Crippen LogP contribution < -0.4 is 9.64 Å². The molecule has 0 aliphatic carbocycles. The van der Waals surface area contributed by atoms with Gasteiger partial charge in [0.2, 0.25) is 0 Å². The van der Waals surface area contributed by atoms with E-state index in [1.807, 2.05) is 17.0 Å². The number of rotatable bonds is 5. The molecule has 0 aromatic heterocycles. The molecule has 0 fully saturated rings. The van der Waals surface area contributed by atoms with Crippen LogP contribution in [0.2, 0.25) is 0 Å². The van der Waals surface area contributed by atoms with E-state index in [-0.39, 0.29) is 0 Å². The molecule has 2 aliphatic heterocycles. The van der Waals surface area contributed by atoms with E-state index in [4.69, 9.17) is 14.7 Å². The summed E-state index contributed by atoms with van der Waals surface area (Å²) in [5.74, 6) is -1.32. The number of hydroxylamine groups is 2. The SMILES string of the molecule is O=C(O)/C=C/C(=O)ON1CCc2cc3c(cc2CC1)N(Cc1cccc(C(F)(F)F)c1)CCO3. The summed E-state index contributed by atoms with van der Waals surface area (Å²) in [7, 11) is 0. The van der Waals surface area contributed by atoms with E-state index in [9.17, 15) is 22.8 Å². The zero-order valence-corrected chi connectivity index (χ0v) is 18.2. The van der Waals surface area contributed by atoms with Crippen molar-refractivity contribution in [2.75, 3.05) is 31.1 Å². The van der Waals surface area contributed by atoms with Crippen molar-refractivity contribution >= 4 is 17.6 Å². The van der Waals surface area contributed by atoms with Crippen LogP contribution in [0.3, 0.4) is 0 Å². The second-order valence-electron chi connectivity index (χ2n) is 8.07. The van der Waals surface area contributed by atoms with E-state index in [1.165, 1.54) is 17.2 Å². The van der Waals surface area contributed by atoms with Crippen LogP contribution in [0.4, 0.5) is 18.9 Å². The maximum Gasteiger partial charge on any atom is 0.416 e. The average molecular weight is 476 g/mol. The number of ether oxygens (including phenoxy) is 1. The Morgan fingerprint density at radius 3 is 2.50 bits per heavy atom. The van der Waals surface area contributed by atoms with Crippen molar-refractivity contribution in [2.45, 2.75) is 25.6 Å². The highest BCUT2D eigenvalue weighted by Crippen LogP contribution is 2.37. The molecule has 0 saturated carbocycles. The molecule has 180 valence electrons. The maximum atomic E-state index is 13.1. The van der Waals surface area contributed by atoms with Gasteiger partial charge in [-0.1, -0.05) is 12.1 Å². The van der Waals surface area contributed by atoms with Crippen molar-refractivity contribution in [3.05, 3.63) is 70.8 Å². The Bertz CT molecular complexity index is 1120. The van der Waals surface area contributed by atoms with Gasteiger partial charge < -0.3 is 19.6 Å². The van der Waals surface area contributed by atoms with Crippen LogP contribution >= 0.6 is 0 Å². The molecule has 0 unspecified atom stereocenters. The fourth-order valence-electron chi connectivity index (χ4n) is 4.09. The van der Waals surface area contributed by atoms with Crippen LogP contribution in [0, 0.1) is 0 Å². The lowest BCUT2D eigenvalue weighted by Crippen LogP contribution is -2.32. The Hall–Kier alpha value is -3.53. The van der Waals surface area contributed by atoms with Crippen molar-refractivity contribution in [1.29, 1.82) is 0 Å². The van der Waals surface area contributed by atoms with Gasteiger partial charge in [-0.05, 0) is 53.8 Å². The number of aliphatic carboxylic acids is 1. The number of hydrogen-bond acceptors (Lipinski definition) is 6. The third-order valence-electron chi connectivity index (χ3n) is 5.71. The Kier molecular flexibility index (Phi) is 6.78. The van der Waals surface area contributed by atoms with Gasteiger partial charge in [0.25, 0.3) is 0 Å². The zero-order chi connectivity index (χ0) is 24.3. The van der Waals surface area contributed by atoms with Gasteiger partial charge in [0, 0.05) is 31.8 Å². The average Bonchev–Trinajstić information content (AvgIpc) is 2.98. The molecule has 0 atom stereocenters. The molecular formula is C24H23F3N2O5. The quantitative estimate of drug-likeness (QED) is 0.661. The van der Waals surface area contributed by atoms with Gasteiger partial charge in [-0.3, -0.25) is 0 Å². The number of nitrogens with zero attached hydrogens (tertiary/aromatic N) is 2. The Labute approximate surface area is 193 Å². The number of carboxylic acid groups (broad SMARTS) is 1. The highest BCUT2D eigenvalue weighted by molar-refractivity contribution is 5.90. The summed E-state index contributed by atoms with van der Waals surface area (Å²) in [6.07, 6.45) is -1.64. The van der Waals surface area contributed by atoms with Gasteiger partial charge in [0.15, 0.2) is 0 Å². The van der Waals surface area contributed by atoms with Crippen molar-refractivity contribution in [3.8, 4) is 5.75 Å². The molecule has 0 saturated heterocycles. The van der Waals surface area contributed by atoms with E-state index < -0.39 is 23.7 Å². The van der Waals surface area contributed by atoms with Crippen LogP contribution in [0.5, 0.6) is 5.75 Å².